The van der Waals surface area contributed by atoms with E-state index in [4.69, 9.17) is 9.05 Å². The van der Waals surface area contributed by atoms with E-state index in [0.717, 1.165) is 100.0 Å². The van der Waals surface area contributed by atoms with E-state index < -0.39 is 0 Å². The van der Waals surface area contributed by atoms with E-state index in [2.05, 4.69) is 78.4 Å². The van der Waals surface area contributed by atoms with Crippen molar-refractivity contribution in [1.29, 1.82) is 0 Å². The van der Waals surface area contributed by atoms with E-state index in [9.17, 15) is 8.78 Å². The minimum Gasteiger partial charge on any atom is -0.360 e. The normalized spacial score (nSPS) is 19.5. The van der Waals surface area contributed by atoms with Crippen LogP contribution in [0.1, 0.15) is 60.0 Å². The molecule has 10 rings (SSSR count). The summed E-state index contributed by atoms with van der Waals surface area (Å²) in [5, 5.41) is 10.5. The van der Waals surface area contributed by atoms with Gasteiger partial charge in [-0.3, -0.25) is 4.79 Å². The van der Waals surface area contributed by atoms with Crippen molar-refractivity contribution in [3.63, 3.8) is 0 Å². The molecule has 2 fully saturated rings. The van der Waals surface area contributed by atoms with Crippen molar-refractivity contribution < 1.29 is 22.6 Å². The number of hydrogen-bond acceptors (Lipinski definition) is 9. The molecular formula is C45H46F2N6O3. The van der Waals surface area contributed by atoms with Gasteiger partial charge in [0.05, 0.1) is 11.4 Å². The maximum Gasteiger partial charge on any atom is 0.180 e. The number of halogens is 2. The Morgan fingerprint density at radius 3 is 1.48 bits per heavy atom. The molecule has 2 atom stereocenters. The number of ketones is 1. The lowest BCUT2D eigenvalue weighted by atomic mass is 9.90. The summed E-state index contributed by atoms with van der Waals surface area (Å²) in [5.74, 6) is 0.0549. The van der Waals surface area contributed by atoms with Gasteiger partial charge in [-0.2, -0.15) is 0 Å². The molecule has 0 N–H and O–H groups in total. The Hall–Kier alpha value is -5.13. The number of benzene rings is 4. The van der Waals surface area contributed by atoms with Gasteiger partial charge in [0.15, 0.2) is 16.9 Å². The Balaban J connectivity index is 0.909. The summed E-state index contributed by atoms with van der Waals surface area (Å²) in [5.41, 5.74) is 7.72. The van der Waals surface area contributed by atoms with E-state index in [0.29, 0.717) is 24.3 Å². The third-order valence-electron chi connectivity index (χ3n) is 13.0. The van der Waals surface area contributed by atoms with Crippen molar-refractivity contribution in [2.24, 2.45) is 0 Å². The lowest BCUT2D eigenvalue weighted by molar-refractivity contribution is -0.122. The zero-order valence-corrected chi connectivity index (χ0v) is 31.5. The van der Waals surface area contributed by atoms with E-state index in [1.807, 2.05) is 0 Å². The monoisotopic (exact) mass is 756 g/mol. The predicted octanol–water partition coefficient (Wildman–Crippen LogP) is 7.74. The van der Waals surface area contributed by atoms with E-state index in [1.165, 1.54) is 46.8 Å². The Kier molecular flexibility index (Phi) is 9.29. The second-order valence-corrected chi connectivity index (χ2v) is 16.1. The van der Waals surface area contributed by atoms with E-state index in [-0.39, 0.29) is 41.3 Å². The van der Waals surface area contributed by atoms with Crippen LogP contribution in [0.3, 0.4) is 0 Å². The number of hydrogen-bond donors (Lipinski definition) is 0. The Morgan fingerprint density at radius 2 is 1.04 bits per heavy atom. The zero-order chi connectivity index (χ0) is 37.8. The molecule has 2 unspecified atom stereocenters. The van der Waals surface area contributed by atoms with Gasteiger partial charge in [-0.15, -0.1) is 0 Å². The average molecular weight is 757 g/mol. The predicted molar refractivity (Wildman–Crippen MR) is 212 cm³/mol. The van der Waals surface area contributed by atoms with Crippen LogP contribution in [-0.4, -0.2) is 90.3 Å². The number of anilines is 2. The molecule has 6 heterocycles. The maximum atomic E-state index is 15.6. The molecule has 2 aromatic heterocycles. The molecule has 0 saturated carbocycles. The van der Waals surface area contributed by atoms with Crippen LogP contribution in [0.4, 0.5) is 20.2 Å². The van der Waals surface area contributed by atoms with E-state index >= 15 is 4.79 Å². The molecule has 2 saturated heterocycles. The highest BCUT2D eigenvalue weighted by atomic mass is 19.1. The number of likely N-dealkylation sites (tertiary alicyclic amines) is 2. The third-order valence-corrected chi connectivity index (χ3v) is 13.0. The zero-order valence-electron chi connectivity index (χ0n) is 31.5. The molecule has 0 radical (unpaired) electrons. The van der Waals surface area contributed by atoms with Crippen LogP contribution in [0.15, 0.2) is 94.0 Å². The number of aromatic nitrogens is 2. The molecule has 9 nitrogen and oxygen atoms in total. The number of para-hydroxylation sites is 2. The summed E-state index contributed by atoms with van der Waals surface area (Å²) in [4.78, 5) is 25.3. The van der Waals surface area contributed by atoms with Gasteiger partial charge in [-0.25, -0.2) is 8.78 Å². The van der Waals surface area contributed by atoms with Gasteiger partial charge in [-0.05, 0) is 112 Å². The summed E-state index contributed by atoms with van der Waals surface area (Å²) in [6, 6.07) is 25.8. The first-order valence-corrected chi connectivity index (χ1v) is 20.2. The number of carbonyl (C=O) groups excluding carboxylic acids is 1. The molecule has 6 aromatic rings. The SMILES string of the molecule is O=C(C(CN1CCC(c2noc3cc(F)ccc23)CC1)N1CCc2ccccc21)C(CN1CCC(c2noc3cc(F)ccc23)CC1)N1CCc2ccccc21. The first kappa shape index (κ1) is 35.3. The summed E-state index contributed by atoms with van der Waals surface area (Å²) < 4.78 is 38.8. The van der Waals surface area contributed by atoms with Crippen LogP contribution < -0.4 is 9.80 Å². The van der Waals surface area contributed by atoms with Crippen LogP contribution in [-0.2, 0) is 17.6 Å². The fraction of sp³-hybridized carbons (Fsp3) is 0.400. The van der Waals surface area contributed by atoms with Crippen molar-refractivity contribution in [1.82, 2.24) is 20.1 Å². The molecule has 4 aliphatic rings. The standard InChI is InChI=1S/C45H46F2N6O3/c46-33-9-11-35-41(25-33)55-48-43(35)31-13-19-50(20-14-31)27-39(52-23-17-29-5-1-3-7-37(29)52)45(54)40(53-24-18-30-6-2-4-8-38(30)53)28-51-21-15-32(16-22-51)44-36-12-10-34(47)26-42(36)56-49-44/h1-12,25-26,31-32,39-40H,13-24,27-28H2. The van der Waals surface area contributed by atoms with Crippen molar-refractivity contribution >= 4 is 39.1 Å². The number of nitrogens with zero attached hydrogens (tertiary/aromatic N) is 6. The molecule has 0 amide bonds. The fourth-order valence-electron chi connectivity index (χ4n) is 10.00. The fourth-order valence-corrected chi connectivity index (χ4v) is 10.00. The van der Waals surface area contributed by atoms with Gasteiger partial charge >= 0.3 is 0 Å². The number of fused-ring (bicyclic) bond motifs is 4. The molecular weight excluding hydrogens is 711 g/mol. The van der Waals surface area contributed by atoms with Crippen LogP contribution >= 0.6 is 0 Å². The van der Waals surface area contributed by atoms with Crippen LogP contribution in [0.2, 0.25) is 0 Å². The molecule has 11 heteroatoms. The van der Waals surface area contributed by atoms with Gasteiger partial charge in [0.25, 0.3) is 0 Å². The first-order chi connectivity index (χ1) is 27.5. The number of rotatable bonds is 10. The summed E-state index contributed by atoms with van der Waals surface area (Å²) in [6.45, 7) is 6.30. The van der Waals surface area contributed by atoms with Gasteiger partial charge < -0.3 is 28.6 Å². The van der Waals surface area contributed by atoms with Crippen LogP contribution in [0, 0.1) is 11.6 Å². The van der Waals surface area contributed by atoms with Crippen molar-refractivity contribution in [2.75, 3.05) is 62.2 Å². The second-order valence-electron chi connectivity index (χ2n) is 16.1. The summed E-state index contributed by atoms with van der Waals surface area (Å²) >= 11 is 0. The molecule has 0 bridgehead atoms. The minimum atomic E-state index is -0.325. The summed E-state index contributed by atoms with van der Waals surface area (Å²) in [6.07, 6.45) is 5.43. The van der Waals surface area contributed by atoms with Gasteiger partial charge in [-0.1, -0.05) is 46.7 Å². The molecule has 56 heavy (non-hydrogen) atoms. The molecule has 288 valence electrons. The van der Waals surface area contributed by atoms with Crippen molar-refractivity contribution in [3.05, 3.63) is 119 Å². The van der Waals surface area contributed by atoms with E-state index in [1.54, 1.807) is 12.1 Å². The molecule has 0 aliphatic carbocycles. The Morgan fingerprint density at radius 1 is 0.607 bits per heavy atom. The number of carbonyl (C=O) groups is 1. The van der Waals surface area contributed by atoms with Crippen molar-refractivity contribution in [3.8, 4) is 0 Å². The van der Waals surface area contributed by atoms with Crippen LogP contribution in [0.5, 0.6) is 0 Å². The summed E-state index contributed by atoms with van der Waals surface area (Å²) in [7, 11) is 0. The maximum absolute atomic E-state index is 15.6. The Bertz CT molecular complexity index is 2210. The quantitative estimate of drug-likeness (QED) is 0.140. The van der Waals surface area contributed by atoms with Crippen molar-refractivity contribution in [2.45, 2.75) is 62.4 Å². The lowest BCUT2D eigenvalue weighted by Crippen LogP contribution is -2.59. The molecule has 4 aliphatic heterocycles. The number of Topliss-reactive ketones (excluding diaryl/α,β-unsaturated/α-hetero) is 1. The smallest absolute Gasteiger partial charge is 0.180 e. The van der Waals surface area contributed by atoms with Gasteiger partial charge in [0, 0.05) is 72.3 Å². The average Bonchev–Trinajstić information content (AvgIpc) is 4.04. The topological polar surface area (TPSA) is 82.1 Å². The highest BCUT2D eigenvalue weighted by molar-refractivity contribution is 5.96. The Labute approximate surface area is 324 Å². The highest BCUT2D eigenvalue weighted by Crippen LogP contribution is 2.38. The second kappa shape index (κ2) is 14.7. The van der Waals surface area contributed by atoms with Crippen LogP contribution in [0.25, 0.3) is 21.9 Å². The molecule has 0 spiro atoms. The highest BCUT2D eigenvalue weighted by Gasteiger charge is 2.42. The minimum absolute atomic E-state index is 0.216. The lowest BCUT2D eigenvalue weighted by Gasteiger charge is -2.42. The molecule has 4 aromatic carbocycles. The third kappa shape index (κ3) is 6.54. The van der Waals surface area contributed by atoms with Gasteiger partial charge in [0.2, 0.25) is 0 Å². The largest absolute Gasteiger partial charge is 0.360 e. The number of piperidine rings is 2. The first-order valence-electron chi connectivity index (χ1n) is 20.2. The van der Waals surface area contributed by atoms with Gasteiger partial charge in [0.1, 0.15) is 23.7 Å².